The minimum absolute atomic E-state index is 0.0567. The van der Waals surface area contributed by atoms with Gasteiger partial charge in [-0.3, -0.25) is 4.79 Å². The van der Waals surface area contributed by atoms with E-state index in [-0.39, 0.29) is 12.5 Å². The smallest absolute Gasteiger partial charge is 0.254 e. The molecule has 5 heteroatoms. The number of aromatic nitrogens is 2. The number of imidazole rings is 1. The summed E-state index contributed by atoms with van der Waals surface area (Å²) < 4.78 is 0. The van der Waals surface area contributed by atoms with E-state index in [9.17, 15) is 4.79 Å². The van der Waals surface area contributed by atoms with Crippen molar-refractivity contribution >= 4 is 5.91 Å². The molecule has 1 heterocycles. The second kappa shape index (κ2) is 7.27. The zero-order valence-corrected chi connectivity index (χ0v) is 11.8. The van der Waals surface area contributed by atoms with Crippen molar-refractivity contribution in [1.82, 2.24) is 14.9 Å². The maximum atomic E-state index is 12.3. The van der Waals surface area contributed by atoms with Gasteiger partial charge in [-0.2, -0.15) is 0 Å². The Kier molecular flexibility index (Phi) is 5.13. The third-order valence-electron chi connectivity index (χ3n) is 2.89. The Morgan fingerprint density at radius 3 is 2.76 bits per heavy atom. The molecule has 2 N–H and O–H groups in total. The average molecular weight is 283 g/mol. The Labute approximate surface area is 123 Å². The molecule has 0 aliphatic heterocycles. The van der Waals surface area contributed by atoms with Crippen LogP contribution in [0.2, 0.25) is 0 Å². The molecule has 2 rings (SSSR count). The summed E-state index contributed by atoms with van der Waals surface area (Å²) in [6.07, 6.45) is 3.84. The molecule has 2 aromatic rings. The predicted molar refractivity (Wildman–Crippen MR) is 79.4 cm³/mol. The van der Waals surface area contributed by atoms with Crippen molar-refractivity contribution in [2.45, 2.75) is 13.0 Å². The van der Waals surface area contributed by atoms with Crippen LogP contribution in [0.15, 0.2) is 36.7 Å². The summed E-state index contributed by atoms with van der Waals surface area (Å²) in [5.41, 5.74) is 1.44. The minimum atomic E-state index is -0.0683. The molecule has 0 unspecified atom stereocenters. The predicted octanol–water partition coefficient (Wildman–Crippen LogP) is 1.42. The van der Waals surface area contributed by atoms with Gasteiger partial charge in [0, 0.05) is 37.0 Å². The summed E-state index contributed by atoms with van der Waals surface area (Å²) in [6, 6.07) is 7.12. The van der Waals surface area contributed by atoms with Gasteiger partial charge in [0.2, 0.25) is 0 Å². The van der Waals surface area contributed by atoms with E-state index >= 15 is 0 Å². The Bertz CT molecular complexity index is 636. The molecule has 1 aromatic carbocycles. The molecule has 0 fully saturated rings. The number of hydrogen-bond acceptors (Lipinski definition) is 3. The molecule has 1 amide bonds. The Morgan fingerprint density at radius 2 is 2.14 bits per heavy atom. The highest BCUT2D eigenvalue weighted by molar-refractivity contribution is 5.94. The van der Waals surface area contributed by atoms with Gasteiger partial charge >= 0.3 is 0 Å². The van der Waals surface area contributed by atoms with Crippen molar-refractivity contribution < 1.29 is 9.90 Å². The van der Waals surface area contributed by atoms with Crippen LogP contribution in [0.5, 0.6) is 0 Å². The molecule has 0 saturated heterocycles. The molecule has 0 atom stereocenters. The molecule has 0 bridgehead atoms. The number of H-pyrrole nitrogens is 1. The van der Waals surface area contributed by atoms with Crippen LogP contribution >= 0.6 is 0 Å². The SMILES string of the molecule is CN(Cc1ncc[nH]1)C(=O)c1ccc(C#CCCO)cc1. The number of carbonyl (C=O) groups is 1. The summed E-state index contributed by atoms with van der Waals surface area (Å²) >= 11 is 0. The van der Waals surface area contributed by atoms with E-state index < -0.39 is 0 Å². The van der Waals surface area contributed by atoms with Gasteiger partial charge in [-0.25, -0.2) is 4.98 Å². The number of aliphatic hydroxyl groups excluding tert-OH is 1. The molecule has 108 valence electrons. The van der Waals surface area contributed by atoms with Crippen LogP contribution < -0.4 is 0 Å². The molecule has 0 saturated carbocycles. The van der Waals surface area contributed by atoms with E-state index in [4.69, 9.17) is 5.11 Å². The molecule has 0 radical (unpaired) electrons. The summed E-state index contributed by atoms with van der Waals surface area (Å²) in [5.74, 6) is 6.45. The van der Waals surface area contributed by atoms with Gasteiger partial charge in [0.05, 0.1) is 13.2 Å². The van der Waals surface area contributed by atoms with Crippen LogP contribution in [0.3, 0.4) is 0 Å². The fourth-order valence-corrected chi connectivity index (χ4v) is 1.82. The van der Waals surface area contributed by atoms with Gasteiger partial charge in [-0.15, -0.1) is 0 Å². The number of nitrogens with zero attached hydrogens (tertiary/aromatic N) is 2. The summed E-state index contributed by atoms with van der Waals surface area (Å²) in [4.78, 5) is 20.9. The minimum Gasteiger partial charge on any atom is -0.395 e. The van der Waals surface area contributed by atoms with Crippen LogP contribution in [0.25, 0.3) is 0 Å². The van der Waals surface area contributed by atoms with Gasteiger partial charge < -0.3 is 15.0 Å². The lowest BCUT2D eigenvalue weighted by atomic mass is 10.1. The molecule has 1 aromatic heterocycles. The highest BCUT2D eigenvalue weighted by Gasteiger charge is 2.12. The number of nitrogens with one attached hydrogen (secondary N) is 1. The number of rotatable bonds is 4. The molecular weight excluding hydrogens is 266 g/mol. The molecule has 21 heavy (non-hydrogen) atoms. The first kappa shape index (κ1) is 14.8. The summed E-state index contributed by atoms with van der Waals surface area (Å²) in [5, 5.41) is 8.67. The summed E-state index contributed by atoms with van der Waals surface area (Å²) in [6.45, 7) is 0.491. The van der Waals surface area contributed by atoms with Crippen molar-refractivity contribution in [3.05, 3.63) is 53.6 Å². The van der Waals surface area contributed by atoms with E-state index in [1.54, 1.807) is 48.6 Å². The first-order valence-corrected chi connectivity index (χ1v) is 6.64. The van der Waals surface area contributed by atoms with Crippen LogP contribution in [-0.2, 0) is 6.54 Å². The normalized spacial score (nSPS) is 9.81. The van der Waals surface area contributed by atoms with E-state index in [0.717, 1.165) is 11.4 Å². The Hall–Kier alpha value is -2.58. The van der Waals surface area contributed by atoms with E-state index in [1.165, 1.54) is 0 Å². The van der Waals surface area contributed by atoms with Crippen LogP contribution in [0, 0.1) is 11.8 Å². The fourth-order valence-electron chi connectivity index (χ4n) is 1.82. The van der Waals surface area contributed by atoms with Crippen LogP contribution in [-0.4, -0.2) is 39.5 Å². The maximum Gasteiger partial charge on any atom is 0.254 e. The first-order valence-electron chi connectivity index (χ1n) is 6.64. The second-order valence-corrected chi connectivity index (χ2v) is 4.55. The van der Waals surface area contributed by atoms with Crippen molar-refractivity contribution in [3.8, 4) is 11.8 Å². The number of carbonyl (C=O) groups excluding carboxylic acids is 1. The lowest BCUT2D eigenvalue weighted by molar-refractivity contribution is 0.0782. The van der Waals surface area contributed by atoms with Gasteiger partial charge in [-0.05, 0) is 24.3 Å². The Morgan fingerprint density at radius 1 is 1.38 bits per heavy atom. The quantitative estimate of drug-likeness (QED) is 0.834. The van der Waals surface area contributed by atoms with Crippen LogP contribution in [0.4, 0.5) is 0 Å². The first-order chi connectivity index (χ1) is 10.2. The molecule has 0 spiro atoms. The Balaban J connectivity index is 2.01. The number of benzene rings is 1. The summed E-state index contributed by atoms with van der Waals surface area (Å²) in [7, 11) is 1.74. The number of aliphatic hydroxyl groups is 1. The lowest BCUT2D eigenvalue weighted by Gasteiger charge is -2.15. The molecule has 0 aliphatic carbocycles. The van der Waals surface area contributed by atoms with Gasteiger partial charge in [0.1, 0.15) is 5.82 Å². The largest absolute Gasteiger partial charge is 0.395 e. The standard InChI is InChI=1S/C16H17N3O2/c1-19(12-15-17-9-10-18-15)16(21)14-7-5-13(6-8-14)4-2-3-11-20/h5-10,20H,3,11-12H2,1H3,(H,17,18). The maximum absolute atomic E-state index is 12.3. The highest BCUT2D eigenvalue weighted by Crippen LogP contribution is 2.08. The van der Waals surface area contributed by atoms with Crippen molar-refractivity contribution in [2.24, 2.45) is 0 Å². The zero-order chi connectivity index (χ0) is 15.1. The van der Waals surface area contributed by atoms with Crippen molar-refractivity contribution in [1.29, 1.82) is 0 Å². The number of hydrogen-bond donors (Lipinski definition) is 2. The molecule has 5 nitrogen and oxygen atoms in total. The van der Waals surface area contributed by atoms with E-state index in [0.29, 0.717) is 18.5 Å². The van der Waals surface area contributed by atoms with Gasteiger partial charge in [0.25, 0.3) is 5.91 Å². The monoisotopic (exact) mass is 283 g/mol. The highest BCUT2D eigenvalue weighted by atomic mass is 16.2. The van der Waals surface area contributed by atoms with E-state index in [2.05, 4.69) is 21.8 Å². The second-order valence-electron chi connectivity index (χ2n) is 4.55. The van der Waals surface area contributed by atoms with Crippen molar-refractivity contribution in [2.75, 3.05) is 13.7 Å². The van der Waals surface area contributed by atoms with Gasteiger partial charge in [-0.1, -0.05) is 11.8 Å². The van der Waals surface area contributed by atoms with E-state index in [1.807, 2.05) is 0 Å². The molecular formula is C16H17N3O2. The topological polar surface area (TPSA) is 69.2 Å². The van der Waals surface area contributed by atoms with Gasteiger partial charge in [0.15, 0.2) is 0 Å². The lowest BCUT2D eigenvalue weighted by Crippen LogP contribution is -2.26. The third kappa shape index (κ3) is 4.20. The average Bonchev–Trinajstić information content (AvgIpc) is 3.00. The van der Waals surface area contributed by atoms with Crippen LogP contribution in [0.1, 0.15) is 28.2 Å². The van der Waals surface area contributed by atoms with Crippen molar-refractivity contribution in [3.63, 3.8) is 0 Å². The number of aromatic amines is 1. The fraction of sp³-hybridized carbons (Fsp3) is 0.250. The zero-order valence-electron chi connectivity index (χ0n) is 11.8. The molecule has 0 aliphatic rings. The third-order valence-corrected chi connectivity index (χ3v) is 2.89. The number of amides is 1.